The lowest BCUT2D eigenvalue weighted by atomic mass is 9.94. The van der Waals surface area contributed by atoms with E-state index < -0.39 is 0 Å². The van der Waals surface area contributed by atoms with Gasteiger partial charge in [-0.05, 0) is 31.0 Å². The third kappa shape index (κ3) is 2.11. The molecule has 0 aliphatic carbocycles. The summed E-state index contributed by atoms with van der Waals surface area (Å²) < 4.78 is 13.7. The molecule has 0 bridgehead atoms. The van der Waals surface area contributed by atoms with Gasteiger partial charge in [0.2, 0.25) is 0 Å². The van der Waals surface area contributed by atoms with Crippen LogP contribution in [0.4, 0.5) is 4.39 Å². The number of carbonyl (C=O) groups excluding carboxylic acids is 1. The van der Waals surface area contributed by atoms with Crippen LogP contribution in [0.2, 0.25) is 0 Å². The first-order valence-electron chi connectivity index (χ1n) is 5.45. The van der Waals surface area contributed by atoms with Gasteiger partial charge in [-0.1, -0.05) is 35.9 Å². The predicted molar refractivity (Wildman–Crippen MR) is 66.7 cm³/mol. The third-order valence-electron chi connectivity index (χ3n) is 2.81. The number of hydrogen-bond acceptors (Lipinski definition) is 1. The minimum Gasteiger partial charge on any atom is -0.298 e. The molecule has 0 saturated heterocycles. The van der Waals surface area contributed by atoms with Crippen molar-refractivity contribution in [1.29, 1.82) is 0 Å². The van der Waals surface area contributed by atoms with Crippen molar-refractivity contribution in [3.8, 4) is 11.1 Å². The van der Waals surface area contributed by atoms with Crippen molar-refractivity contribution in [3.63, 3.8) is 0 Å². The van der Waals surface area contributed by atoms with Gasteiger partial charge >= 0.3 is 0 Å². The third-order valence-corrected chi connectivity index (χ3v) is 2.81. The number of halogens is 1. The second kappa shape index (κ2) is 4.50. The molecule has 0 fully saturated rings. The van der Waals surface area contributed by atoms with Gasteiger partial charge in [0.05, 0.1) is 0 Å². The Balaban J connectivity index is 2.75. The number of benzene rings is 2. The van der Waals surface area contributed by atoms with Crippen molar-refractivity contribution < 1.29 is 9.18 Å². The molecule has 0 aliphatic heterocycles. The molecule has 2 aromatic rings. The Labute approximate surface area is 99.9 Å². The van der Waals surface area contributed by atoms with Crippen LogP contribution in [0.15, 0.2) is 36.4 Å². The monoisotopic (exact) mass is 228 g/mol. The second-order valence-corrected chi connectivity index (χ2v) is 4.14. The molecule has 0 spiro atoms. The Hall–Kier alpha value is -1.96. The Bertz CT molecular complexity index is 573. The van der Waals surface area contributed by atoms with Crippen molar-refractivity contribution >= 4 is 6.29 Å². The van der Waals surface area contributed by atoms with E-state index in [0.29, 0.717) is 16.7 Å². The second-order valence-electron chi connectivity index (χ2n) is 4.14. The molecule has 0 radical (unpaired) electrons. The quantitative estimate of drug-likeness (QED) is 0.712. The summed E-state index contributed by atoms with van der Waals surface area (Å²) >= 11 is 0. The largest absolute Gasteiger partial charge is 0.298 e. The number of carbonyl (C=O) groups is 1. The fourth-order valence-corrected chi connectivity index (χ4v) is 2.04. The van der Waals surface area contributed by atoms with Crippen molar-refractivity contribution in [2.75, 3.05) is 0 Å². The van der Waals surface area contributed by atoms with Crippen LogP contribution in [-0.2, 0) is 0 Å². The zero-order chi connectivity index (χ0) is 12.4. The molecule has 0 N–H and O–H groups in total. The van der Waals surface area contributed by atoms with Crippen LogP contribution in [0.5, 0.6) is 0 Å². The van der Waals surface area contributed by atoms with E-state index in [9.17, 15) is 9.18 Å². The lowest BCUT2D eigenvalue weighted by Crippen LogP contribution is -1.95. The Kier molecular flexibility index (Phi) is 3.05. The SMILES string of the molecule is Cc1cc(C)c(C=O)c(-c2ccccc2F)c1. The highest BCUT2D eigenvalue weighted by Crippen LogP contribution is 2.28. The van der Waals surface area contributed by atoms with Crippen LogP contribution in [0, 0.1) is 19.7 Å². The lowest BCUT2D eigenvalue weighted by Gasteiger charge is -2.10. The van der Waals surface area contributed by atoms with E-state index in [1.807, 2.05) is 26.0 Å². The molecule has 2 aromatic carbocycles. The lowest BCUT2D eigenvalue weighted by molar-refractivity contribution is 0.112. The van der Waals surface area contributed by atoms with Gasteiger partial charge in [-0.3, -0.25) is 4.79 Å². The highest BCUT2D eigenvalue weighted by Gasteiger charge is 2.11. The van der Waals surface area contributed by atoms with E-state index in [1.165, 1.54) is 6.07 Å². The van der Waals surface area contributed by atoms with E-state index in [0.717, 1.165) is 17.4 Å². The average Bonchev–Trinajstić information content (AvgIpc) is 2.28. The topological polar surface area (TPSA) is 17.1 Å². The van der Waals surface area contributed by atoms with Crippen molar-refractivity contribution in [2.24, 2.45) is 0 Å². The number of rotatable bonds is 2. The summed E-state index contributed by atoms with van der Waals surface area (Å²) in [4.78, 5) is 11.1. The maximum absolute atomic E-state index is 13.7. The first-order chi connectivity index (χ1) is 8.13. The van der Waals surface area contributed by atoms with Gasteiger partial charge in [0.15, 0.2) is 6.29 Å². The predicted octanol–water partition coefficient (Wildman–Crippen LogP) is 3.92. The van der Waals surface area contributed by atoms with Gasteiger partial charge in [-0.25, -0.2) is 4.39 Å². The molecule has 0 saturated carbocycles. The van der Waals surface area contributed by atoms with Crippen LogP contribution in [0.25, 0.3) is 11.1 Å². The highest BCUT2D eigenvalue weighted by molar-refractivity contribution is 5.89. The molecular formula is C15H13FO. The standard InChI is InChI=1S/C15H13FO/c1-10-7-11(2)14(9-17)13(8-10)12-5-3-4-6-15(12)16/h3-9H,1-2H3. The van der Waals surface area contributed by atoms with Crippen molar-refractivity contribution in [2.45, 2.75) is 13.8 Å². The molecule has 0 heterocycles. The summed E-state index contributed by atoms with van der Waals surface area (Å²) in [5.74, 6) is -0.305. The molecule has 2 heteroatoms. The number of aryl methyl sites for hydroxylation is 2. The summed E-state index contributed by atoms with van der Waals surface area (Å²) in [6, 6.07) is 10.3. The molecule has 0 amide bonds. The zero-order valence-corrected chi connectivity index (χ0v) is 9.83. The summed E-state index contributed by atoms with van der Waals surface area (Å²) in [6.07, 6.45) is 0.788. The van der Waals surface area contributed by atoms with Crippen LogP contribution < -0.4 is 0 Å². The molecule has 86 valence electrons. The van der Waals surface area contributed by atoms with Gasteiger partial charge in [0, 0.05) is 11.1 Å². The zero-order valence-electron chi connectivity index (χ0n) is 9.83. The normalized spacial score (nSPS) is 10.3. The minimum absolute atomic E-state index is 0.305. The minimum atomic E-state index is -0.305. The number of aldehydes is 1. The fourth-order valence-electron chi connectivity index (χ4n) is 2.04. The van der Waals surface area contributed by atoms with E-state index in [-0.39, 0.29) is 5.82 Å². The first-order valence-corrected chi connectivity index (χ1v) is 5.45. The van der Waals surface area contributed by atoms with Crippen LogP contribution in [0.3, 0.4) is 0 Å². The maximum atomic E-state index is 13.7. The maximum Gasteiger partial charge on any atom is 0.150 e. The van der Waals surface area contributed by atoms with Crippen molar-refractivity contribution in [3.05, 3.63) is 58.9 Å². The van der Waals surface area contributed by atoms with Crippen LogP contribution >= 0.6 is 0 Å². The Morgan fingerprint density at radius 3 is 2.41 bits per heavy atom. The molecule has 0 aliphatic rings. The summed E-state index contributed by atoms with van der Waals surface area (Å²) in [7, 11) is 0. The molecule has 0 atom stereocenters. The summed E-state index contributed by atoms with van der Waals surface area (Å²) in [5, 5.41) is 0. The highest BCUT2D eigenvalue weighted by atomic mass is 19.1. The summed E-state index contributed by atoms with van der Waals surface area (Å²) in [6.45, 7) is 3.80. The number of hydrogen-bond donors (Lipinski definition) is 0. The first kappa shape index (κ1) is 11.5. The Morgan fingerprint density at radius 2 is 1.76 bits per heavy atom. The van der Waals surface area contributed by atoms with Gasteiger partial charge in [-0.2, -0.15) is 0 Å². The van der Waals surface area contributed by atoms with E-state index >= 15 is 0 Å². The van der Waals surface area contributed by atoms with Gasteiger partial charge in [0.25, 0.3) is 0 Å². The molecule has 0 aromatic heterocycles. The van der Waals surface area contributed by atoms with Gasteiger partial charge in [-0.15, -0.1) is 0 Å². The van der Waals surface area contributed by atoms with Crippen LogP contribution in [-0.4, -0.2) is 6.29 Å². The van der Waals surface area contributed by atoms with Gasteiger partial charge in [0.1, 0.15) is 5.82 Å². The average molecular weight is 228 g/mol. The van der Waals surface area contributed by atoms with E-state index in [2.05, 4.69) is 0 Å². The van der Waals surface area contributed by atoms with Crippen LogP contribution in [0.1, 0.15) is 21.5 Å². The summed E-state index contributed by atoms with van der Waals surface area (Å²) in [5.41, 5.74) is 3.59. The molecule has 2 rings (SSSR count). The van der Waals surface area contributed by atoms with E-state index in [1.54, 1.807) is 18.2 Å². The smallest absolute Gasteiger partial charge is 0.150 e. The molecule has 0 unspecified atom stereocenters. The van der Waals surface area contributed by atoms with E-state index in [4.69, 9.17) is 0 Å². The van der Waals surface area contributed by atoms with Gasteiger partial charge < -0.3 is 0 Å². The Morgan fingerprint density at radius 1 is 1.06 bits per heavy atom. The van der Waals surface area contributed by atoms with Crippen molar-refractivity contribution in [1.82, 2.24) is 0 Å². The molecule has 17 heavy (non-hydrogen) atoms. The fraction of sp³-hybridized carbons (Fsp3) is 0.133. The molecular weight excluding hydrogens is 215 g/mol. The molecule has 1 nitrogen and oxygen atoms in total.